The second kappa shape index (κ2) is 12.8. The monoisotopic (exact) mass is 554 g/mol. The molecule has 0 bridgehead atoms. The van der Waals surface area contributed by atoms with E-state index in [0.29, 0.717) is 11.3 Å². The van der Waals surface area contributed by atoms with Crippen LogP contribution in [-0.2, 0) is 34.2 Å². The third-order valence-corrected chi connectivity index (χ3v) is 7.67. The lowest BCUT2D eigenvalue weighted by molar-refractivity contribution is -0.319. The zero-order valence-electron chi connectivity index (χ0n) is 20.4. The first-order valence-electron chi connectivity index (χ1n) is 12.3. The summed E-state index contributed by atoms with van der Waals surface area (Å²) < 4.78 is 30.5. The van der Waals surface area contributed by atoms with Gasteiger partial charge in [0, 0.05) is 11.3 Å². The fourth-order valence-corrected chi connectivity index (χ4v) is 5.66. The smallest absolute Gasteiger partial charge is 0.338 e. The first kappa shape index (κ1) is 26.7. The van der Waals surface area contributed by atoms with Gasteiger partial charge in [0.25, 0.3) is 0 Å². The summed E-state index contributed by atoms with van der Waals surface area (Å²) in [7, 11) is 0. The molecule has 0 saturated carbocycles. The van der Waals surface area contributed by atoms with E-state index in [1.165, 1.54) is 11.8 Å². The molecule has 7 nitrogen and oxygen atoms in total. The third kappa shape index (κ3) is 6.39. The maximum atomic E-state index is 13.2. The molecule has 0 spiro atoms. The van der Waals surface area contributed by atoms with Crippen LogP contribution in [0.5, 0.6) is 0 Å². The second-order valence-corrected chi connectivity index (χ2v) is 10.2. The summed E-state index contributed by atoms with van der Waals surface area (Å²) in [5, 5.41) is 0. The number of hydrogen-bond acceptors (Lipinski definition) is 8. The van der Waals surface area contributed by atoms with Crippen LogP contribution in [0.25, 0.3) is 0 Å². The molecule has 3 aromatic carbocycles. The summed E-state index contributed by atoms with van der Waals surface area (Å²) in [6.07, 6.45) is -3.92. The molecule has 3 aromatic rings. The number of carbonyl (C=O) groups is 2. The molecule has 6 atom stereocenters. The van der Waals surface area contributed by atoms with E-state index in [4.69, 9.17) is 35.3 Å². The van der Waals surface area contributed by atoms with Gasteiger partial charge in [-0.2, -0.15) is 0 Å². The predicted molar refractivity (Wildman–Crippen MR) is 143 cm³/mol. The average Bonchev–Trinajstić information content (AvgIpc) is 2.98. The first-order chi connectivity index (χ1) is 18.6. The topological polar surface area (TPSA) is 80.3 Å². The number of benzene rings is 3. The largest absolute Gasteiger partial charge is 0.454 e. The Balaban J connectivity index is 1.44. The Bertz CT molecular complexity index is 1200. The zero-order chi connectivity index (χ0) is 26.3. The third-order valence-electron chi connectivity index (χ3n) is 6.24. The number of ether oxygens (including phenoxy) is 5. The molecular weight excluding hydrogens is 528 g/mol. The number of halogens is 1. The van der Waals surface area contributed by atoms with E-state index in [1.54, 1.807) is 24.3 Å². The van der Waals surface area contributed by atoms with E-state index >= 15 is 0 Å². The number of fused-ring (bicyclic) bond motifs is 1. The highest BCUT2D eigenvalue weighted by Gasteiger charge is 2.53. The van der Waals surface area contributed by atoms with Gasteiger partial charge in [0.15, 0.2) is 18.5 Å². The van der Waals surface area contributed by atoms with Gasteiger partial charge in [-0.25, -0.2) is 4.79 Å². The molecule has 0 aliphatic carbocycles. The van der Waals surface area contributed by atoms with Gasteiger partial charge < -0.3 is 23.7 Å². The van der Waals surface area contributed by atoms with E-state index < -0.39 is 48.1 Å². The normalized spacial score (nSPS) is 26.7. The maximum absolute atomic E-state index is 13.2. The minimum Gasteiger partial charge on any atom is -0.454 e. The number of carbonyl (C=O) groups excluding carboxylic acids is 2. The van der Waals surface area contributed by atoms with Crippen LogP contribution in [0.1, 0.15) is 27.8 Å². The van der Waals surface area contributed by atoms with Crippen molar-refractivity contribution in [2.45, 2.75) is 41.9 Å². The number of alkyl halides is 1. The molecule has 198 valence electrons. The van der Waals surface area contributed by atoms with Crippen molar-refractivity contribution in [3.05, 3.63) is 108 Å². The van der Waals surface area contributed by atoms with E-state index in [-0.39, 0.29) is 12.5 Å². The molecule has 38 heavy (non-hydrogen) atoms. The average molecular weight is 555 g/mol. The molecule has 2 heterocycles. The molecule has 1 unspecified atom stereocenters. The molecule has 9 heteroatoms. The van der Waals surface area contributed by atoms with Crippen LogP contribution < -0.4 is 0 Å². The highest BCUT2D eigenvalue weighted by molar-refractivity contribution is 7.99. The Kier molecular flexibility index (Phi) is 8.98. The van der Waals surface area contributed by atoms with Crippen molar-refractivity contribution in [1.29, 1.82) is 0 Å². The van der Waals surface area contributed by atoms with Gasteiger partial charge in [0.2, 0.25) is 0 Å². The Morgan fingerprint density at radius 2 is 1.50 bits per heavy atom. The number of hydrogen-bond donors (Lipinski definition) is 0. The molecule has 5 rings (SSSR count). The fraction of sp³-hybridized carbons (Fsp3) is 0.310. The molecule has 0 radical (unpaired) electrons. The van der Waals surface area contributed by atoms with E-state index in [1.807, 2.05) is 66.7 Å². The predicted octanol–water partition coefficient (Wildman–Crippen LogP) is 5.14. The number of rotatable bonds is 8. The van der Waals surface area contributed by atoms with Crippen molar-refractivity contribution < 1.29 is 33.3 Å². The molecule has 2 aliphatic rings. The summed E-state index contributed by atoms with van der Waals surface area (Å²) in [6, 6.07) is 28.0. The highest BCUT2D eigenvalue weighted by atomic mass is 35.5. The highest BCUT2D eigenvalue weighted by Crippen LogP contribution is 2.40. The van der Waals surface area contributed by atoms with Crippen molar-refractivity contribution in [2.75, 3.05) is 12.5 Å². The summed E-state index contributed by atoms with van der Waals surface area (Å²) in [6.45, 7) is 0.209. The Hall–Kier alpha value is -2.88. The van der Waals surface area contributed by atoms with Gasteiger partial charge >= 0.3 is 11.9 Å². The van der Waals surface area contributed by atoms with Crippen molar-refractivity contribution in [2.24, 2.45) is 0 Å². The lowest BCUT2D eigenvalue weighted by atomic mass is 9.98. The van der Waals surface area contributed by atoms with E-state index in [2.05, 4.69) is 0 Å². The van der Waals surface area contributed by atoms with Crippen LogP contribution in [0.15, 0.2) is 91.0 Å². The van der Waals surface area contributed by atoms with Gasteiger partial charge in [-0.3, -0.25) is 4.79 Å². The Morgan fingerprint density at radius 1 is 0.842 bits per heavy atom. The summed E-state index contributed by atoms with van der Waals surface area (Å²) in [5.41, 5.74) is 1.61. The standard InChI is InChI=1S/C29H27ClO7S/c30-16-23(31)35-25-24-22(17-33-28(37-24)21-14-8-3-9-15-21)34-29(38-18-19-10-4-1-5-11-19)26(25)36-27(32)20-12-6-2-7-13-20/h1-15,22,24-26,28-29H,16-18H2/t22-,24+,25+,26-,28?,29+/m1/s1. The van der Waals surface area contributed by atoms with E-state index in [9.17, 15) is 9.59 Å². The Morgan fingerprint density at radius 3 is 2.18 bits per heavy atom. The minimum absolute atomic E-state index is 0.209. The van der Waals surface area contributed by atoms with Crippen molar-refractivity contribution >= 4 is 35.3 Å². The van der Waals surface area contributed by atoms with Gasteiger partial charge in [0.05, 0.1) is 12.2 Å². The lowest BCUT2D eigenvalue weighted by Gasteiger charge is -2.48. The maximum Gasteiger partial charge on any atom is 0.338 e. The first-order valence-corrected chi connectivity index (χ1v) is 13.8. The van der Waals surface area contributed by atoms with Crippen LogP contribution in [0.3, 0.4) is 0 Å². The van der Waals surface area contributed by atoms with Crippen molar-refractivity contribution in [1.82, 2.24) is 0 Å². The molecule has 0 aromatic heterocycles. The molecule has 2 saturated heterocycles. The quantitative estimate of drug-likeness (QED) is 0.280. The van der Waals surface area contributed by atoms with E-state index in [0.717, 1.165) is 11.1 Å². The SMILES string of the molecule is O=C(CCl)O[C@H]1[C@H]2OC(c3ccccc3)OC[C@H]2O[C@@H](SCc2ccccc2)[C@@H]1OC(=O)c1ccccc1. The summed E-state index contributed by atoms with van der Waals surface area (Å²) in [5.74, 6) is -0.959. The van der Waals surface area contributed by atoms with Gasteiger partial charge in [-0.1, -0.05) is 78.9 Å². The summed E-state index contributed by atoms with van der Waals surface area (Å²) >= 11 is 7.27. The van der Waals surface area contributed by atoms with Crippen LogP contribution in [-0.4, -0.2) is 54.3 Å². The molecular formula is C29H27ClO7S. The van der Waals surface area contributed by atoms with Gasteiger partial charge in [-0.05, 0) is 17.7 Å². The molecule has 0 amide bonds. The van der Waals surface area contributed by atoms with Crippen molar-refractivity contribution in [3.63, 3.8) is 0 Å². The zero-order valence-corrected chi connectivity index (χ0v) is 22.0. The number of esters is 2. The van der Waals surface area contributed by atoms with Crippen LogP contribution in [0, 0.1) is 0 Å². The number of thioether (sulfide) groups is 1. The van der Waals surface area contributed by atoms with Crippen LogP contribution in [0.4, 0.5) is 0 Å². The van der Waals surface area contributed by atoms with Crippen molar-refractivity contribution in [3.8, 4) is 0 Å². The molecule has 0 N–H and O–H groups in total. The Labute approximate surface area is 230 Å². The van der Waals surface area contributed by atoms with Gasteiger partial charge in [0.1, 0.15) is 23.5 Å². The van der Waals surface area contributed by atoms with Crippen LogP contribution in [0.2, 0.25) is 0 Å². The molecule has 2 aliphatic heterocycles. The second-order valence-electron chi connectivity index (χ2n) is 8.84. The van der Waals surface area contributed by atoms with Gasteiger partial charge in [-0.15, -0.1) is 23.4 Å². The summed E-state index contributed by atoms with van der Waals surface area (Å²) in [4.78, 5) is 25.6. The fourth-order valence-electron chi connectivity index (χ4n) is 4.42. The minimum atomic E-state index is -0.962. The van der Waals surface area contributed by atoms with Crippen LogP contribution >= 0.6 is 23.4 Å². The molecule has 2 fully saturated rings. The lowest BCUT2D eigenvalue weighted by Crippen LogP contribution is -2.63.